The molecule has 146 valence electrons. The average molecular weight is 429 g/mol. The minimum absolute atomic E-state index is 0.0192. The number of alkyl halides is 3. The van der Waals surface area contributed by atoms with Gasteiger partial charge in [-0.25, -0.2) is 9.78 Å². The molecule has 0 radical (unpaired) electrons. The number of aromatic nitrogens is 2. The van der Waals surface area contributed by atoms with Gasteiger partial charge in [-0.3, -0.25) is 4.79 Å². The molecule has 5 nitrogen and oxygen atoms in total. The van der Waals surface area contributed by atoms with Crippen LogP contribution in [-0.4, -0.2) is 23.0 Å². The van der Waals surface area contributed by atoms with Gasteiger partial charge in [-0.2, -0.15) is 13.2 Å². The van der Waals surface area contributed by atoms with Crippen molar-refractivity contribution >= 4 is 50.2 Å². The number of carbonyl (C=O) groups excluding carboxylic acids is 1. The van der Waals surface area contributed by atoms with Crippen LogP contribution >= 0.6 is 22.9 Å². The summed E-state index contributed by atoms with van der Waals surface area (Å²) in [7, 11) is 1.23. The van der Waals surface area contributed by atoms with E-state index in [1.54, 1.807) is 6.92 Å². The molecule has 0 atom stereocenters. The zero-order chi connectivity index (χ0) is 20.6. The second-order valence-corrected chi connectivity index (χ2v) is 7.16. The van der Waals surface area contributed by atoms with Gasteiger partial charge in [0.25, 0.3) is 5.56 Å². The highest BCUT2D eigenvalue weighted by atomic mass is 35.5. The molecule has 28 heavy (non-hydrogen) atoms. The lowest BCUT2D eigenvalue weighted by Gasteiger charge is -2.07. The molecule has 0 aliphatic carbocycles. The number of halogens is 4. The molecule has 3 aromatic rings. The molecule has 0 amide bonds. The van der Waals surface area contributed by atoms with Crippen LogP contribution in [0.1, 0.15) is 32.2 Å². The summed E-state index contributed by atoms with van der Waals surface area (Å²) in [6, 6.07) is 4.58. The smallest absolute Gasteiger partial charge is 0.416 e. The fourth-order valence-corrected chi connectivity index (χ4v) is 3.88. The highest BCUT2D eigenvalue weighted by Gasteiger charge is 2.30. The average Bonchev–Trinajstić information content (AvgIpc) is 2.97. The van der Waals surface area contributed by atoms with Gasteiger partial charge in [-0.05, 0) is 36.3 Å². The van der Waals surface area contributed by atoms with Gasteiger partial charge in [0, 0.05) is 0 Å². The van der Waals surface area contributed by atoms with Gasteiger partial charge in [0.05, 0.1) is 23.1 Å². The largest absolute Gasteiger partial charge is 0.465 e. The number of thiophene rings is 1. The van der Waals surface area contributed by atoms with Gasteiger partial charge in [0.2, 0.25) is 0 Å². The molecule has 1 aromatic carbocycles. The summed E-state index contributed by atoms with van der Waals surface area (Å²) in [4.78, 5) is 31.5. The molecule has 2 heterocycles. The molecule has 0 aliphatic heterocycles. The highest BCUT2D eigenvalue weighted by molar-refractivity contribution is 7.20. The van der Waals surface area contributed by atoms with Crippen molar-refractivity contribution in [2.45, 2.75) is 13.1 Å². The van der Waals surface area contributed by atoms with E-state index in [1.807, 2.05) is 0 Å². The number of hydrogen-bond donors (Lipinski definition) is 1. The lowest BCUT2D eigenvalue weighted by atomic mass is 10.1. The van der Waals surface area contributed by atoms with Crippen LogP contribution in [0, 0.1) is 6.92 Å². The predicted molar refractivity (Wildman–Crippen MR) is 101 cm³/mol. The first-order chi connectivity index (χ1) is 13.1. The number of nitrogens with zero attached hydrogens (tertiary/aromatic N) is 1. The summed E-state index contributed by atoms with van der Waals surface area (Å²) in [5.41, 5.74) is -0.705. The quantitative estimate of drug-likeness (QED) is 0.606. The van der Waals surface area contributed by atoms with Gasteiger partial charge in [-0.15, -0.1) is 11.3 Å². The van der Waals surface area contributed by atoms with Crippen molar-refractivity contribution in [3.8, 4) is 0 Å². The number of carbonyl (C=O) groups is 1. The number of methoxy groups -OCH3 is 1. The Hall–Kier alpha value is -2.65. The highest BCUT2D eigenvalue weighted by Crippen LogP contribution is 2.31. The second-order valence-electron chi connectivity index (χ2n) is 5.76. The molecule has 0 aliphatic rings. The van der Waals surface area contributed by atoms with Crippen molar-refractivity contribution in [1.82, 2.24) is 9.97 Å². The van der Waals surface area contributed by atoms with Crippen LogP contribution in [0.15, 0.2) is 29.1 Å². The number of benzene rings is 1. The fourth-order valence-electron chi connectivity index (χ4n) is 2.56. The molecule has 0 spiro atoms. The summed E-state index contributed by atoms with van der Waals surface area (Å²) in [5.74, 6) is -0.610. The first kappa shape index (κ1) is 20.1. The lowest BCUT2D eigenvalue weighted by Crippen LogP contribution is -2.10. The van der Waals surface area contributed by atoms with Gasteiger partial charge in [0.1, 0.15) is 9.71 Å². The van der Waals surface area contributed by atoms with Crippen molar-refractivity contribution in [3.63, 3.8) is 0 Å². The van der Waals surface area contributed by atoms with E-state index in [2.05, 4.69) is 14.7 Å². The third-order valence-corrected chi connectivity index (χ3v) is 5.36. The molecule has 0 saturated heterocycles. The molecule has 0 saturated carbocycles. The lowest BCUT2D eigenvalue weighted by molar-refractivity contribution is -0.137. The summed E-state index contributed by atoms with van der Waals surface area (Å²) < 4.78 is 43.2. The molecule has 2 aromatic heterocycles. The molecular weight excluding hydrogens is 417 g/mol. The number of hydrogen-bond acceptors (Lipinski definition) is 5. The van der Waals surface area contributed by atoms with E-state index in [1.165, 1.54) is 25.3 Å². The molecule has 0 unspecified atom stereocenters. The van der Waals surface area contributed by atoms with Crippen molar-refractivity contribution in [2.24, 2.45) is 0 Å². The van der Waals surface area contributed by atoms with Crippen LogP contribution in [0.25, 0.3) is 21.3 Å². The number of H-pyrrole nitrogens is 1. The van der Waals surface area contributed by atoms with E-state index < -0.39 is 23.3 Å². The van der Waals surface area contributed by atoms with Crippen LogP contribution in [0.3, 0.4) is 0 Å². The second kappa shape index (κ2) is 7.40. The summed E-state index contributed by atoms with van der Waals surface area (Å²) in [6.45, 7) is 1.60. The maximum absolute atomic E-state index is 12.8. The summed E-state index contributed by atoms with van der Waals surface area (Å²) in [6.07, 6.45) is -3.22. The van der Waals surface area contributed by atoms with Crippen LogP contribution in [0.4, 0.5) is 13.2 Å². The standard InChI is InChI=1S/C18H12ClF3N2O3S/c1-8-12-15(25)23-14(24-16(12)28-13(8)17(26)27-2)11(19)7-9-4-3-5-10(6-9)18(20,21)22/h3-7H,1-2H3,(H,23,24,25). The van der Waals surface area contributed by atoms with Crippen LogP contribution in [-0.2, 0) is 10.9 Å². The summed E-state index contributed by atoms with van der Waals surface area (Å²) in [5, 5.41) is 0.182. The Bertz CT molecular complexity index is 1170. The molecule has 10 heteroatoms. The van der Waals surface area contributed by atoms with E-state index >= 15 is 0 Å². The minimum Gasteiger partial charge on any atom is -0.465 e. The number of esters is 1. The van der Waals surface area contributed by atoms with E-state index in [0.29, 0.717) is 5.56 Å². The van der Waals surface area contributed by atoms with Crippen LogP contribution in [0.2, 0.25) is 0 Å². The maximum atomic E-state index is 12.8. The van der Waals surface area contributed by atoms with Crippen LogP contribution in [0.5, 0.6) is 0 Å². The van der Waals surface area contributed by atoms with E-state index in [4.69, 9.17) is 11.6 Å². The Balaban J connectivity index is 2.07. The SMILES string of the molecule is COC(=O)c1sc2nc(C(Cl)=Cc3cccc(C(F)(F)F)c3)[nH]c(=O)c2c1C. The Morgan fingerprint density at radius 1 is 1.36 bits per heavy atom. The van der Waals surface area contributed by atoms with E-state index in [0.717, 1.165) is 23.5 Å². The number of rotatable bonds is 3. The molecule has 0 fully saturated rings. The fraction of sp³-hybridized carbons (Fsp3) is 0.167. The first-order valence-corrected chi connectivity index (χ1v) is 8.98. The summed E-state index contributed by atoms with van der Waals surface area (Å²) >= 11 is 7.15. The number of fused-ring (bicyclic) bond motifs is 1. The molecule has 3 rings (SSSR count). The van der Waals surface area contributed by atoms with E-state index in [9.17, 15) is 22.8 Å². The zero-order valence-corrected chi connectivity index (χ0v) is 16.1. The number of ether oxygens (including phenoxy) is 1. The van der Waals surface area contributed by atoms with Crippen molar-refractivity contribution in [1.29, 1.82) is 0 Å². The number of aromatic amines is 1. The first-order valence-electron chi connectivity index (χ1n) is 7.78. The monoisotopic (exact) mass is 428 g/mol. The molecular formula is C18H12ClF3N2O3S. The topological polar surface area (TPSA) is 72.0 Å². The third-order valence-electron chi connectivity index (χ3n) is 3.90. The zero-order valence-electron chi connectivity index (χ0n) is 14.5. The van der Waals surface area contributed by atoms with Gasteiger partial charge in [-0.1, -0.05) is 23.7 Å². The van der Waals surface area contributed by atoms with Crippen molar-refractivity contribution < 1.29 is 22.7 Å². The number of aryl methyl sites for hydroxylation is 1. The van der Waals surface area contributed by atoms with Crippen LogP contribution < -0.4 is 5.56 Å². The van der Waals surface area contributed by atoms with Gasteiger partial charge >= 0.3 is 12.1 Å². The van der Waals surface area contributed by atoms with Crippen molar-refractivity contribution in [2.75, 3.05) is 7.11 Å². The van der Waals surface area contributed by atoms with E-state index in [-0.39, 0.29) is 31.5 Å². The van der Waals surface area contributed by atoms with Crippen molar-refractivity contribution in [3.05, 3.63) is 62.0 Å². The normalized spacial score (nSPS) is 12.4. The third kappa shape index (κ3) is 3.81. The maximum Gasteiger partial charge on any atom is 0.416 e. The Kier molecular flexibility index (Phi) is 5.31. The predicted octanol–water partition coefficient (Wildman–Crippen LogP) is 4.84. The number of nitrogens with one attached hydrogen (secondary N) is 1. The Morgan fingerprint density at radius 2 is 2.07 bits per heavy atom. The molecule has 1 N–H and O–H groups in total. The van der Waals surface area contributed by atoms with Gasteiger partial charge in [0.15, 0.2) is 5.82 Å². The minimum atomic E-state index is -4.49. The molecule has 0 bridgehead atoms. The Morgan fingerprint density at radius 3 is 2.71 bits per heavy atom. The Labute approximate surface area is 165 Å². The van der Waals surface area contributed by atoms with Gasteiger partial charge < -0.3 is 9.72 Å².